The molecule has 1 saturated heterocycles. The Hall–Kier alpha value is -1.56. The first-order valence-electron chi connectivity index (χ1n) is 6.22. The van der Waals surface area contributed by atoms with Crippen molar-refractivity contribution in [2.24, 2.45) is 0 Å². The molecule has 0 aromatic heterocycles. The second-order valence-electron chi connectivity index (χ2n) is 4.83. The summed E-state index contributed by atoms with van der Waals surface area (Å²) in [4.78, 5) is 11.1. The Morgan fingerprint density at radius 3 is 2.63 bits per heavy atom. The average Bonchev–Trinajstić information content (AvgIpc) is 2.36. The first-order chi connectivity index (χ1) is 8.97. The van der Waals surface area contributed by atoms with E-state index >= 15 is 0 Å². The number of nitrogens with two attached hydrogens (primary N) is 1. The van der Waals surface area contributed by atoms with Crippen molar-refractivity contribution in [2.75, 3.05) is 22.6 Å². The highest BCUT2D eigenvalue weighted by Gasteiger charge is 2.19. The van der Waals surface area contributed by atoms with E-state index in [1.807, 2.05) is 6.07 Å². The maximum atomic E-state index is 11.3. The molecule has 1 heterocycles. The van der Waals surface area contributed by atoms with Crippen molar-refractivity contribution in [3.8, 4) is 0 Å². The fraction of sp³-hybridized carbons (Fsp3) is 0.462. The highest BCUT2D eigenvalue weighted by Crippen LogP contribution is 2.24. The van der Waals surface area contributed by atoms with Gasteiger partial charge >= 0.3 is 5.97 Å². The molecule has 0 spiro atoms. The zero-order chi connectivity index (χ0) is 14.0. The van der Waals surface area contributed by atoms with Crippen molar-refractivity contribution < 1.29 is 14.1 Å². The Bertz CT molecular complexity index is 521. The van der Waals surface area contributed by atoms with Gasteiger partial charge in [0.05, 0.1) is 5.56 Å². The molecule has 4 N–H and O–H groups in total. The smallest absolute Gasteiger partial charge is 0.337 e. The van der Waals surface area contributed by atoms with E-state index in [2.05, 4.69) is 5.32 Å². The minimum Gasteiger partial charge on any atom is -0.478 e. The number of carboxylic acids is 1. The summed E-state index contributed by atoms with van der Waals surface area (Å²) in [5, 5.41) is 12.4. The van der Waals surface area contributed by atoms with Crippen molar-refractivity contribution in [1.29, 1.82) is 0 Å². The number of carboxylic acid groups (broad SMARTS) is 1. The number of carbonyl (C=O) groups is 1. The van der Waals surface area contributed by atoms with Crippen LogP contribution in [0.2, 0.25) is 0 Å². The summed E-state index contributed by atoms with van der Waals surface area (Å²) in [6, 6.07) is 3.67. The third-order valence-corrected chi connectivity index (χ3v) is 4.76. The summed E-state index contributed by atoms with van der Waals surface area (Å²) in [6.45, 7) is 1.79. The summed E-state index contributed by atoms with van der Waals surface area (Å²) in [5.74, 6) is 0.392. The maximum Gasteiger partial charge on any atom is 0.337 e. The number of hydrogen-bond donors (Lipinski definition) is 3. The van der Waals surface area contributed by atoms with Crippen LogP contribution in [-0.2, 0) is 10.8 Å². The Morgan fingerprint density at radius 1 is 1.42 bits per heavy atom. The van der Waals surface area contributed by atoms with Gasteiger partial charge in [0, 0.05) is 39.7 Å². The summed E-state index contributed by atoms with van der Waals surface area (Å²) < 4.78 is 11.3. The first-order valence-corrected chi connectivity index (χ1v) is 7.71. The molecule has 0 unspecified atom stereocenters. The normalized spacial score (nSPS) is 23.0. The molecule has 1 aromatic carbocycles. The molecular weight excluding hydrogens is 264 g/mol. The van der Waals surface area contributed by atoms with Crippen molar-refractivity contribution in [3.05, 3.63) is 23.3 Å². The van der Waals surface area contributed by atoms with Crippen LogP contribution in [0.15, 0.2) is 12.1 Å². The number of anilines is 2. The predicted molar refractivity (Wildman–Crippen MR) is 77.1 cm³/mol. The SMILES string of the molecule is Cc1cc(NC2CCS(=O)CC2)cc(C(=O)O)c1N. The molecule has 0 atom stereocenters. The van der Waals surface area contributed by atoms with Crippen LogP contribution in [0.3, 0.4) is 0 Å². The van der Waals surface area contributed by atoms with E-state index in [0.717, 1.165) is 24.1 Å². The van der Waals surface area contributed by atoms with Gasteiger partial charge in [0.1, 0.15) is 0 Å². The van der Waals surface area contributed by atoms with Crippen LogP contribution >= 0.6 is 0 Å². The van der Waals surface area contributed by atoms with E-state index in [9.17, 15) is 9.00 Å². The van der Waals surface area contributed by atoms with Crippen LogP contribution in [0.25, 0.3) is 0 Å². The topological polar surface area (TPSA) is 92.4 Å². The monoisotopic (exact) mass is 282 g/mol. The lowest BCUT2D eigenvalue weighted by Crippen LogP contribution is -2.29. The number of nitrogen functional groups attached to an aromatic ring is 1. The van der Waals surface area contributed by atoms with Gasteiger partial charge in [0.25, 0.3) is 0 Å². The highest BCUT2D eigenvalue weighted by atomic mass is 32.2. The van der Waals surface area contributed by atoms with Gasteiger partial charge in [-0.05, 0) is 37.5 Å². The molecule has 19 heavy (non-hydrogen) atoms. The summed E-state index contributed by atoms with van der Waals surface area (Å²) in [7, 11) is -0.693. The van der Waals surface area contributed by atoms with Crippen LogP contribution in [0.4, 0.5) is 11.4 Å². The molecule has 6 heteroatoms. The second-order valence-corrected chi connectivity index (χ2v) is 6.52. The molecule has 0 radical (unpaired) electrons. The van der Waals surface area contributed by atoms with Gasteiger partial charge in [-0.25, -0.2) is 4.79 Å². The molecule has 0 saturated carbocycles. The molecule has 2 rings (SSSR count). The zero-order valence-electron chi connectivity index (χ0n) is 10.8. The van der Waals surface area contributed by atoms with Crippen molar-refractivity contribution in [1.82, 2.24) is 0 Å². The molecule has 1 aromatic rings. The van der Waals surface area contributed by atoms with Crippen molar-refractivity contribution >= 4 is 28.1 Å². The van der Waals surface area contributed by atoms with Gasteiger partial charge in [-0.1, -0.05) is 0 Å². The number of hydrogen-bond acceptors (Lipinski definition) is 4. The molecular formula is C13H18N2O3S. The lowest BCUT2D eigenvalue weighted by atomic mass is 10.1. The Morgan fingerprint density at radius 2 is 2.05 bits per heavy atom. The van der Waals surface area contributed by atoms with E-state index in [4.69, 9.17) is 10.8 Å². The van der Waals surface area contributed by atoms with Gasteiger partial charge in [-0.15, -0.1) is 0 Å². The fourth-order valence-corrected chi connectivity index (χ4v) is 3.53. The molecule has 1 fully saturated rings. The Kier molecular flexibility index (Phi) is 4.09. The second kappa shape index (κ2) is 5.61. The molecule has 104 valence electrons. The minimum atomic E-state index is -1.02. The predicted octanol–water partition coefficient (Wildman–Crippen LogP) is 1.60. The van der Waals surface area contributed by atoms with Crippen LogP contribution in [-0.4, -0.2) is 32.8 Å². The Labute approximate surface area is 114 Å². The van der Waals surface area contributed by atoms with Crippen LogP contribution in [0, 0.1) is 6.92 Å². The summed E-state index contributed by atoms with van der Waals surface area (Å²) >= 11 is 0. The van der Waals surface area contributed by atoms with E-state index in [1.54, 1.807) is 13.0 Å². The molecule has 1 aliphatic heterocycles. The summed E-state index contributed by atoms with van der Waals surface area (Å²) in [6.07, 6.45) is 1.69. The highest BCUT2D eigenvalue weighted by molar-refractivity contribution is 7.85. The van der Waals surface area contributed by atoms with Gasteiger partial charge in [0.15, 0.2) is 0 Å². The molecule has 0 amide bonds. The van der Waals surface area contributed by atoms with Crippen molar-refractivity contribution in [3.63, 3.8) is 0 Å². The number of nitrogens with one attached hydrogen (secondary N) is 1. The lowest BCUT2D eigenvalue weighted by Gasteiger charge is -2.24. The summed E-state index contributed by atoms with van der Waals surface area (Å²) in [5.41, 5.74) is 7.71. The van der Waals surface area contributed by atoms with E-state index < -0.39 is 16.8 Å². The number of aromatic carboxylic acids is 1. The molecule has 0 aliphatic carbocycles. The van der Waals surface area contributed by atoms with Gasteiger partial charge in [-0.3, -0.25) is 4.21 Å². The van der Waals surface area contributed by atoms with Gasteiger partial charge in [0.2, 0.25) is 0 Å². The number of aryl methyl sites for hydroxylation is 1. The third kappa shape index (κ3) is 3.26. The van der Waals surface area contributed by atoms with Gasteiger partial charge < -0.3 is 16.2 Å². The minimum absolute atomic E-state index is 0.127. The number of benzene rings is 1. The quantitative estimate of drug-likeness (QED) is 0.732. The molecule has 5 nitrogen and oxygen atoms in total. The van der Waals surface area contributed by atoms with Crippen molar-refractivity contribution in [2.45, 2.75) is 25.8 Å². The van der Waals surface area contributed by atoms with Crippen LogP contribution < -0.4 is 11.1 Å². The fourth-order valence-electron chi connectivity index (χ4n) is 2.23. The molecule has 0 bridgehead atoms. The third-order valence-electron chi connectivity index (χ3n) is 3.38. The lowest BCUT2D eigenvalue weighted by molar-refractivity contribution is 0.0698. The van der Waals surface area contributed by atoms with E-state index in [0.29, 0.717) is 17.2 Å². The largest absolute Gasteiger partial charge is 0.478 e. The standard InChI is InChI=1S/C13H18N2O3S/c1-8-6-10(7-11(12(8)14)13(16)17)15-9-2-4-19(18)5-3-9/h6-7,9,15H,2-5,14H2,1H3,(H,16,17). The number of rotatable bonds is 3. The Balaban J connectivity index is 2.16. The van der Waals surface area contributed by atoms with E-state index in [-0.39, 0.29) is 11.6 Å². The molecule has 1 aliphatic rings. The van der Waals surface area contributed by atoms with Gasteiger partial charge in [-0.2, -0.15) is 0 Å². The van der Waals surface area contributed by atoms with Crippen LogP contribution in [0.5, 0.6) is 0 Å². The van der Waals surface area contributed by atoms with E-state index in [1.165, 1.54) is 0 Å². The first kappa shape index (κ1) is 13.9. The van der Waals surface area contributed by atoms with Crippen LogP contribution in [0.1, 0.15) is 28.8 Å². The maximum absolute atomic E-state index is 11.3. The zero-order valence-corrected chi connectivity index (χ0v) is 11.6. The average molecular weight is 282 g/mol.